The van der Waals surface area contributed by atoms with Gasteiger partial charge in [-0.1, -0.05) is 0 Å². The van der Waals surface area contributed by atoms with E-state index in [2.05, 4.69) is 25.3 Å². The van der Waals surface area contributed by atoms with Crippen LogP contribution in [0, 0.1) is 6.92 Å². The van der Waals surface area contributed by atoms with Crippen molar-refractivity contribution in [1.82, 2.24) is 24.9 Å². The van der Waals surface area contributed by atoms with Crippen LogP contribution in [0.2, 0.25) is 0 Å². The average molecular weight is 346 g/mol. The maximum atomic E-state index is 12.0. The Morgan fingerprint density at radius 3 is 2.96 bits per heavy atom. The molecule has 25 heavy (non-hydrogen) atoms. The van der Waals surface area contributed by atoms with Crippen LogP contribution in [0.25, 0.3) is 5.78 Å². The Labute approximate surface area is 147 Å². The summed E-state index contributed by atoms with van der Waals surface area (Å²) >= 11 is 0. The summed E-state index contributed by atoms with van der Waals surface area (Å²) in [6.07, 6.45) is 4.40. The highest BCUT2D eigenvalue weighted by atomic mass is 16.6. The predicted molar refractivity (Wildman–Crippen MR) is 94.7 cm³/mol. The second kappa shape index (κ2) is 6.85. The van der Waals surface area contributed by atoms with E-state index in [9.17, 15) is 4.79 Å². The normalized spacial score (nSPS) is 18.4. The summed E-state index contributed by atoms with van der Waals surface area (Å²) in [6, 6.07) is 2.21. The molecule has 3 rings (SSSR count). The van der Waals surface area contributed by atoms with E-state index < -0.39 is 5.60 Å². The zero-order valence-electron chi connectivity index (χ0n) is 15.3. The largest absolute Gasteiger partial charge is 0.444 e. The number of anilines is 1. The number of aromatic nitrogens is 4. The molecule has 1 atom stereocenters. The van der Waals surface area contributed by atoms with Crippen LogP contribution in [0.15, 0.2) is 12.4 Å². The van der Waals surface area contributed by atoms with Crippen molar-refractivity contribution in [1.29, 1.82) is 0 Å². The lowest BCUT2D eigenvalue weighted by atomic mass is 10.0. The summed E-state index contributed by atoms with van der Waals surface area (Å²) < 4.78 is 7.10. The van der Waals surface area contributed by atoms with E-state index in [4.69, 9.17) is 4.74 Å². The summed E-state index contributed by atoms with van der Waals surface area (Å²) in [5.41, 5.74) is 0.408. The highest BCUT2D eigenvalue weighted by molar-refractivity contribution is 5.67. The van der Waals surface area contributed by atoms with Crippen LogP contribution in [0.1, 0.15) is 45.7 Å². The summed E-state index contributed by atoms with van der Waals surface area (Å²) in [6.45, 7) is 8.99. The molecule has 8 heteroatoms. The predicted octanol–water partition coefficient (Wildman–Crippen LogP) is 2.32. The number of piperidine rings is 1. The SMILES string of the molecule is Cc1cc(N2CCCCC2CNC(=O)OC(C)(C)C)n2ncnc2n1. The molecule has 136 valence electrons. The maximum Gasteiger partial charge on any atom is 0.407 e. The minimum Gasteiger partial charge on any atom is -0.444 e. The van der Waals surface area contributed by atoms with E-state index >= 15 is 0 Å². The zero-order valence-corrected chi connectivity index (χ0v) is 15.3. The molecule has 0 aliphatic carbocycles. The molecule has 2 aromatic rings. The van der Waals surface area contributed by atoms with Gasteiger partial charge < -0.3 is 15.0 Å². The lowest BCUT2D eigenvalue weighted by molar-refractivity contribution is 0.0523. The van der Waals surface area contributed by atoms with Gasteiger partial charge in [0.25, 0.3) is 5.78 Å². The molecule has 1 saturated heterocycles. The third kappa shape index (κ3) is 4.18. The Balaban J connectivity index is 1.77. The fourth-order valence-corrected chi connectivity index (χ4v) is 3.15. The fraction of sp³-hybridized carbons (Fsp3) is 0.647. The topological polar surface area (TPSA) is 84.7 Å². The number of hydrogen-bond acceptors (Lipinski definition) is 6. The quantitative estimate of drug-likeness (QED) is 0.918. The average Bonchev–Trinajstić information content (AvgIpc) is 2.99. The van der Waals surface area contributed by atoms with E-state index in [1.165, 1.54) is 6.33 Å². The van der Waals surface area contributed by atoms with Crippen molar-refractivity contribution in [3.8, 4) is 0 Å². The Bertz CT molecular complexity index is 751. The van der Waals surface area contributed by atoms with Gasteiger partial charge in [0.2, 0.25) is 0 Å². The second-order valence-electron chi connectivity index (χ2n) is 7.45. The molecule has 1 aliphatic heterocycles. The number of ether oxygens (including phenoxy) is 1. The molecule has 0 aromatic carbocycles. The number of carbonyl (C=O) groups excluding carboxylic acids is 1. The molecule has 1 fully saturated rings. The fourth-order valence-electron chi connectivity index (χ4n) is 3.15. The second-order valence-corrected chi connectivity index (χ2v) is 7.45. The van der Waals surface area contributed by atoms with Gasteiger partial charge in [0.05, 0.1) is 0 Å². The molecule has 8 nitrogen and oxygen atoms in total. The number of hydrogen-bond donors (Lipinski definition) is 1. The van der Waals surface area contributed by atoms with Gasteiger partial charge in [0, 0.05) is 30.9 Å². The van der Waals surface area contributed by atoms with E-state index in [0.29, 0.717) is 12.3 Å². The molecule has 1 N–H and O–H groups in total. The number of aryl methyl sites for hydroxylation is 1. The van der Waals surface area contributed by atoms with Gasteiger partial charge in [-0.15, -0.1) is 0 Å². The highest BCUT2D eigenvalue weighted by Crippen LogP contribution is 2.25. The monoisotopic (exact) mass is 346 g/mol. The van der Waals surface area contributed by atoms with Crippen molar-refractivity contribution < 1.29 is 9.53 Å². The molecule has 0 radical (unpaired) electrons. The van der Waals surface area contributed by atoms with Crippen molar-refractivity contribution in [2.24, 2.45) is 0 Å². The molecule has 0 spiro atoms. The number of nitrogens with zero attached hydrogens (tertiary/aromatic N) is 5. The van der Waals surface area contributed by atoms with Gasteiger partial charge in [-0.3, -0.25) is 0 Å². The Kier molecular flexibility index (Phi) is 4.78. The van der Waals surface area contributed by atoms with E-state index in [0.717, 1.165) is 37.3 Å². The molecule has 1 aliphatic rings. The number of fused-ring (bicyclic) bond motifs is 1. The van der Waals surface area contributed by atoms with Crippen molar-refractivity contribution in [2.75, 3.05) is 18.0 Å². The number of rotatable bonds is 3. The van der Waals surface area contributed by atoms with Crippen LogP contribution >= 0.6 is 0 Å². The van der Waals surface area contributed by atoms with E-state index in [1.807, 2.05) is 33.8 Å². The van der Waals surface area contributed by atoms with Crippen LogP contribution in [0.5, 0.6) is 0 Å². The Morgan fingerprint density at radius 2 is 2.20 bits per heavy atom. The van der Waals surface area contributed by atoms with Gasteiger partial charge in [-0.2, -0.15) is 14.6 Å². The molecule has 0 saturated carbocycles. The van der Waals surface area contributed by atoms with Gasteiger partial charge in [0.15, 0.2) is 0 Å². The standard InChI is InChI=1S/C17H26N6O2/c1-12-9-14(23-15(21-12)19-11-20-23)22-8-6-5-7-13(22)10-18-16(24)25-17(2,3)4/h9,11,13H,5-8,10H2,1-4H3,(H,18,24). The van der Waals surface area contributed by atoms with Gasteiger partial charge >= 0.3 is 6.09 Å². The number of amides is 1. The van der Waals surface area contributed by atoms with Gasteiger partial charge in [-0.05, 0) is 47.0 Å². The minimum atomic E-state index is -0.495. The summed E-state index contributed by atoms with van der Waals surface area (Å²) in [4.78, 5) is 22.9. The first-order valence-electron chi connectivity index (χ1n) is 8.74. The Morgan fingerprint density at radius 1 is 1.40 bits per heavy atom. The molecular formula is C17H26N6O2. The minimum absolute atomic E-state index is 0.190. The number of carbonyl (C=O) groups is 1. The van der Waals surface area contributed by atoms with Crippen LogP contribution in [0.3, 0.4) is 0 Å². The van der Waals surface area contributed by atoms with Crippen LogP contribution in [-0.2, 0) is 4.74 Å². The third-order valence-electron chi connectivity index (χ3n) is 4.16. The zero-order chi connectivity index (χ0) is 18.0. The Hall–Kier alpha value is -2.38. The molecule has 1 unspecified atom stereocenters. The van der Waals surface area contributed by atoms with Gasteiger partial charge in [0.1, 0.15) is 17.7 Å². The lowest BCUT2D eigenvalue weighted by Crippen LogP contribution is -2.48. The van der Waals surface area contributed by atoms with E-state index in [-0.39, 0.29) is 12.1 Å². The maximum absolute atomic E-state index is 12.0. The van der Waals surface area contributed by atoms with Crippen molar-refractivity contribution in [3.05, 3.63) is 18.1 Å². The summed E-state index contributed by atoms with van der Waals surface area (Å²) in [5.74, 6) is 1.56. The van der Waals surface area contributed by atoms with Crippen LogP contribution < -0.4 is 10.2 Å². The van der Waals surface area contributed by atoms with Gasteiger partial charge in [-0.25, -0.2) is 9.78 Å². The number of alkyl carbamates (subject to hydrolysis) is 1. The van der Waals surface area contributed by atoms with Crippen molar-refractivity contribution >= 4 is 17.7 Å². The molecular weight excluding hydrogens is 320 g/mol. The summed E-state index contributed by atoms with van der Waals surface area (Å²) in [5, 5.41) is 7.20. The smallest absolute Gasteiger partial charge is 0.407 e. The van der Waals surface area contributed by atoms with Crippen molar-refractivity contribution in [2.45, 2.75) is 58.6 Å². The highest BCUT2D eigenvalue weighted by Gasteiger charge is 2.26. The van der Waals surface area contributed by atoms with Crippen molar-refractivity contribution in [3.63, 3.8) is 0 Å². The number of nitrogens with one attached hydrogen (secondary N) is 1. The first-order valence-corrected chi connectivity index (χ1v) is 8.74. The lowest BCUT2D eigenvalue weighted by Gasteiger charge is -2.37. The van der Waals surface area contributed by atoms with Crippen LogP contribution in [-0.4, -0.2) is 50.4 Å². The first kappa shape index (κ1) is 17.4. The molecule has 2 aromatic heterocycles. The van der Waals surface area contributed by atoms with E-state index in [1.54, 1.807) is 4.52 Å². The first-order chi connectivity index (χ1) is 11.8. The molecule has 0 bridgehead atoms. The molecule has 1 amide bonds. The van der Waals surface area contributed by atoms with Crippen LogP contribution in [0.4, 0.5) is 10.6 Å². The molecule has 3 heterocycles. The summed E-state index contributed by atoms with van der Waals surface area (Å²) in [7, 11) is 0. The third-order valence-corrected chi connectivity index (χ3v) is 4.16.